The average Bonchev–Trinajstić information content (AvgIpc) is 2.47. The van der Waals surface area contributed by atoms with Crippen LogP contribution in [0, 0.1) is 0 Å². The van der Waals surface area contributed by atoms with Gasteiger partial charge >= 0.3 is 0 Å². The van der Waals surface area contributed by atoms with Crippen LogP contribution in [0.5, 0.6) is 5.75 Å². The van der Waals surface area contributed by atoms with Gasteiger partial charge in [-0.25, -0.2) is 0 Å². The Balaban J connectivity index is 2.53. The molecular weight excluding hydrogens is 248 g/mol. The molecule has 0 radical (unpaired) electrons. The van der Waals surface area contributed by atoms with E-state index in [1.165, 1.54) is 12.0 Å². The first-order valence-corrected chi connectivity index (χ1v) is 7.87. The zero-order chi connectivity index (χ0) is 15.0. The summed E-state index contributed by atoms with van der Waals surface area (Å²) in [6, 6.07) is 7.97. The van der Waals surface area contributed by atoms with Crippen molar-refractivity contribution >= 4 is 0 Å². The first-order chi connectivity index (χ1) is 9.62. The predicted molar refractivity (Wildman–Crippen MR) is 86.2 cm³/mol. The molecular formula is C17H30N2O. The van der Waals surface area contributed by atoms with Gasteiger partial charge in [0.2, 0.25) is 0 Å². The summed E-state index contributed by atoms with van der Waals surface area (Å²) in [4.78, 5) is 4.94. The monoisotopic (exact) mass is 278 g/mol. The standard InChI is InChI=1S/C17H30N2O/c1-5-18(6-2)12-9-13-19(7-3)15(4)16-10-8-11-17(20)14-16/h8,10-11,14-15,20H,5-7,9,12-13H2,1-4H3. The molecule has 0 amide bonds. The van der Waals surface area contributed by atoms with Crippen LogP contribution in [0.4, 0.5) is 0 Å². The Bertz CT molecular complexity index is 377. The van der Waals surface area contributed by atoms with Gasteiger partial charge in [0.05, 0.1) is 0 Å². The number of phenolic OH excluding ortho intramolecular Hbond substituents is 1. The van der Waals surface area contributed by atoms with Crippen molar-refractivity contribution in [2.45, 2.75) is 40.2 Å². The van der Waals surface area contributed by atoms with Gasteiger partial charge in [-0.15, -0.1) is 0 Å². The fraction of sp³-hybridized carbons (Fsp3) is 0.647. The summed E-state index contributed by atoms with van der Waals surface area (Å²) in [6.07, 6.45) is 1.19. The van der Waals surface area contributed by atoms with Gasteiger partial charge in [0.15, 0.2) is 0 Å². The fourth-order valence-electron chi connectivity index (χ4n) is 2.66. The summed E-state index contributed by atoms with van der Waals surface area (Å²) < 4.78 is 0. The Morgan fingerprint density at radius 3 is 2.30 bits per heavy atom. The number of phenols is 1. The maximum absolute atomic E-state index is 9.60. The van der Waals surface area contributed by atoms with Gasteiger partial charge in [0, 0.05) is 6.04 Å². The number of benzene rings is 1. The second-order valence-electron chi connectivity index (χ2n) is 5.28. The number of nitrogens with zero attached hydrogens (tertiary/aromatic N) is 2. The summed E-state index contributed by atoms with van der Waals surface area (Å²) in [5, 5.41) is 9.60. The third-order valence-corrected chi connectivity index (χ3v) is 4.12. The number of aromatic hydroxyl groups is 1. The van der Waals surface area contributed by atoms with E-state index in [2.05, 4.69) is 43.6 Å². The normalized spacial score (nSPS) is 13.1. The van der Waals surface area contributed by atoms with E-state index in [0.717, 1.165) is 32.7 Å². The Hall–Kier alpha value is -1.06. The summed E-state index contributed by atoms with van der Waals surface area (Å²) >= 11 is 0. The number of hydrogen-bond acceptors (Lipinski definition) is 3. The average molecular weight is 278 g/mol. The minimum Gasteiger partial charge on any atom is -0.508 e. The molecule has 1 atom stereocenters. The zero-order valence-corrected chi connectivity index (χ0v) is 13.5. The molecule has 1 N–H and O–H groups in total. The third kappa shape index (κ3) is 5.14. The molecule has 0 fully saturated rings. The van der Waals surface area contributed by atoms with E-state index in [1.54, 1.807) is 6.07 Å². The van der Waals surface area contributed by atoms with Crippen molar-refractivity contribution in [3.05, 3.63) is 29.8 Å². The fourth-order valence-corrected chi connectivity index (χ4v) is 2.66. The van der Waals surface area contributed by atoms with Crippen molar-refractivity contribution in [1.82, 2.24) is 9.80 Å². The summed E-state index contributed by atoms with van der Waals surface area (Å²) in [5.74, 6) is 0.355. The minimum atomic E-state index is 0.351. The molecule has 0 saturated heterocycles. The van der Waals surface area contributed by atoms with Gasteiger partial charge in [0.25, 0.3) is 0 Å². The van der Waals surface area contributed by atoms with Crippen molar-refractivity contribution in [2.75, 3.05) is 32.7 Å². The molecule has 1 unspecified atom stereocenters. The highest BCUT2D eigenvalue weighted by Crippen LogP contribution is 2.23. The smallest absolute Gasteiger partial charge is 0.115 e. The van der Waals surface area contributed by atoms with Crippen molar-refractivity contribution in [3.8, 4) is 5.75 Å². The van der Waals surface area contributed by atoms with Crippen LogP contribution in [-0.2, 0) is 0 Å². The van der Waals surface area contributed by atoms with Gasteiger partial charge in [-0.2, -0.15) is 0 Å². The van der Waals surface area contributed by atoms with E-state index in [4.69, 9.17) is 0 Å². The van der Waals surface area contributed by atoms with Crippen LogP contribution in [0.1, 0.15) is 45.7 Å². The summed E-state index contributed by atoms with van der Waals surface area (Å²) in [7, 11) is 0. The number of hydrogen-bond donors (Lipinski definition) is 1. The van der Waals surface area contributed by atoms with Crippen molar-refractivity contribution in [1.29, 1.82) is 0 Å². The predicted octanol–water partition coefficient (Wildman–Crippen LogP) is 3.51. The van der Waals surface area contributed by atoms with Crippen LogP contribution in [0.15, 0.2) is 24.3 Å². The van der Waals surface area contributed by atoms with Gasteiger partial charge in [-0.3, -0.25) is 4.90 Å². The van der Waals surface area contributed by atoms with Gasteiger partial charge in [-0.1, -0.05) is 32.9 Å². The molecule has 0 bridgehead atoms. The molecule has 0 aliphatic carbocycles. The Morgan fingerprint density at radius 1 is 1.05 bits per heavy atom. The highest BCUT2D eigenvalue weighted by molar-refractivity contribution is 5.29. The molecule has 0 aromatic heterocycles. The molecule has 3 nitrogen and oxygen atoms in total. The highest BCUT2D eigenvalue weighted by Gasteiger charge is 2.14. The summed E-state index contributed by atoms with van der Waals surface area (Å²) in [6.45, 7) is 14.4. The van der Waals surface area contributed by atoms with Crippen LogP contribution in [0.2, 0.25) is 0 Å². The molecule has 1 rings (SSSR count). The van der Waals surface area contributed by atoms with Crippen molar-refractivity contribution in [2.24, 2.45) is 0 Å². The second kappa shape index (κ2) is 8.98. The quantitative estimate of drug-likeness (QED) is 0.749. The maximum Gasteiger partial charge on any atom is 0.115 e. The lowest BCUT2D eigenvalue weighted by Crippen LogP contribution is -2.31. The summed E-state index contributed by atoms with van der Waals surface area (Å²) in [5.41, 5.74) is 1.19. The molecule has 0 saturated carbocycles. The molecule has 3 heteroatoms. The molecule has 1 aromatic carbocycles. The van der Waals surface area contributed by atoms with Gasteiger partial charge < -0.3 is 10.0 Å². The van der Waals surface area contributed by atoms with Crippen molar-refractivity contribution < 1.29 is 5.11 Å². The molecule has 0 heterocycles. The topological polar surface area (TPSA) is 26.7 Å². The minimum absolute atomic E-state index is 0.351. The molecule has 114 valence electrons. The highest BCUT2D eigenvalue weighted by atomic mass is 16.3. The van der Waals surface area contributed by atoms with Crippen molar-refractivity contribution in [3.63, 3.8) is 0 Å². The molecule has 0 aliphatic rings. The molecule has 0 spiro atoms. The Kier molecular flexibility index (Phi) is 7.63. The van der Waals surface area contributed by atoms with Crippen LogP contribution < -0.4 is 0 Å². The van der Waals surface area contributed by atoms with E-state index in [-0.39, 0.29) is 0 Å². The Morgan fingerprint density at radius 2 is 1.75 bits per heavy atom. The second-order valence-corrected chi connectivity index (χ2v) is 5.28. The van der Waals surface area contributed by atoms with E-state index in [0.29, 0.717) is 11.8 Å². The number of rotatable bonds is 9. The van der Waals surface area contributed by atoms with Crippen LogP contribution in [0.25, 0.3) is 0 Å². The van der Waals surface area contributed by atoms with E-state index in [9.17, 15) is 5.11 Å². The van der Waals surface area contributed by atoms with E-state index < -0.39 is 0 Å². The zero-order valence-electron chi connectivity index (χ0n) is 13.5. The van der Waals surface area contributed by atoms with E-state index >= 15 is 0 Å². The first-order valence-electron chi connectivity index (χ1n) is 7.87. The maximum atomic E-state index is 9.60. The van der Waals surface area contributed by atoms with Crippen LogP contribution in [-0.4, -0.2) is 47.6 Å². The first kappa shape index (κ1) is 17.0. The SMILES string of the molecule is CCN(CC)CCCN(CC)C(C)c1cccc(O)c1. The van der Waals surface area contributed by atoms with Gasteiger partial charge in [-0.05, 0) is 63.8 Å². The van der Waals surface area contributed by atoms with Gasteiger partial charge in [0.1, 0.15) is 5.75 Å². The third-order valence-electron chi connectivity index (χ3n) is 4.12. The largest absolute Gasteiger partial charge is 0.508 e. The Labute approximate surface area is 124 Å². The van der Waals surface area contributed by atoms with Crippen LogP contribution >= 0.6 is 0 Å². The molecule has 1 aromatic rings. The lowest BCUT2D eigenvalue weighted by molar-refractivity contribution is 0.200. The lowest BCUT2D eigenvalue weighted by Gasteiger charge is -2.29. The van der Waals surface area contributed by atoms with E-state index in [1.807, 2.05) is 12.1 Å². The lowest BCUT2D eigenvalue weighted by atomic mass is 10.1. The molecule has 0 aliphatic heterocycles. The van der Waals surface area contributed by atoms with Crippen LogP contribution in [0.3, 0.4) is 0 Å². The molecule has 20 heavy (non-hydrogen) atoms.